The Hall–Kier alpha value is -0.900. The van der Waals surface area contributed by atoms with E-state index in [1.165, 1.54) is 19.3 Å². The Labute approximate surface area is 84.1 Å². The molecule has 14 heavy (non-hydrogen) atoms. The molecule has 0 amide bonds. The third kappa shape index (κ3) is 2.54. The molecule has 1 fully saturated rings. The largest absolute Gasteiger partial charge is 0.426 e. The SMILES string of the molecule is Cc1nnc(CC2CCCCNC2)o1. The van der Waals surface area contributed by atoms with Crippen molar-refractivity contribution in [1.29, 1.82) is 0 Å². The summed E-state index contributed by atoms with van der Waals surface area (Å²) in [6, 6.07) is 0. The average Bonchev–Trinajstić information content (AvgIpc) is 2.43. The lowest BCUT2D eigenvalue weighted by Crippen LogP contribution is -2.22. The zero-order valence-corrected chi connectivity index (χ0v) is 8.62. The van der Waals surface area contributed by atoms with Crippen molar-refractivity contribution in [3.8, 4) is 0 Å². The molecule has 2 rings (SSSR count). The first-order valence-corrected chi connectivity index (χ1v) is 5.34. The Morgan fingerprint density at radius 2 is 2.36 bits per heavy atom. The normalized spacial score (nSPS) is 23.4. The van der Waals surface area contributed by atoms with Crippen LogP contribution in [0.2, 0.25) is 0 Å². The number of hydrogen-bond donors (Lipinski definition) is 1. The summed E-state index contributed by atoms with van der Waals surface area (Å²) in [6.45, 7) is 4.07. The summed E-state index contributed by atoms with van der Waals surface area (Å²) in [7, 11) is 0. The first-order chi connectivity index (χ1) is 6.84. The van der Waals surface area contributed by atoms with Crippen molar-refractivity contribution in [2.24, 2.45) is 5.92 Å². The molecule has 2 heterocycles. The van der Waals surface area contributed by atoms with Gasteiger partial charge in [0.1, 0.15) is 0 Å². The Bertz CT molecular complexity index is 277. The fourth-order valence-electron chi connectivity index (χ4n) is 1.93. The van der Waals surface area contributed by atoms with Gasteiger partial charge in [-0.05, 0) is 31.8 Å². The monoisotopic (exact) mass is 195 g/mol. The number of nitrogens with zero attached hydrogens (tertiary/aromatic N) is 2. The smallest absolute Gasteiger partial charge is 0.216 e. The molecule has 78 valence electrons. The summed E-state index contributed by atoms with van der Waals surface area (Å²) in [5, 5.41) is 11.3. The molecule has 4 nitrogen and oxygen atoms in total. The quantitative estimate of drug-likeness (QED) is 0.773. The minimum absolute atomic E-state index is 0.664. The fraction of sp³-hybridized carbons (Fsp3) is 0.800. The van der Waals surface area contributed by atoms with Gasteiger partial charge in [0.25, 0.3) is 0 Å². The summed E-state index contributed by atoms with van der Waals surface area (Å²) < 4.78 is 5.38. The van der Waals surface area contributed by atoms with Gasteiger partial charge in [0.05, 0.1) is 0 Å². The number of rotatable bonds is 2. The van der Waals surface area contributed by atoms with Crippen LogP contribution in [0.1, 0.15) is 31.0 Å². The summed E-state index contributed by atoms with van der Waals surface area (Å²) >= 11 is 0. The number of aromatic nitrogens is 2. The van der Waals surface area contributed by atoms with Crippen molar-refractivity contribution in [3.05, 3.63) is 11.8 Å². The van der Waals surface area contributed by atoms with Gasteiger partial charge in [0.2, 0.25) is 11.8 Å². The lowest BCUT2D eigenvalue weighted by molar-refractivity contribution is 0.396. The van der Waals surface area contributed by atoms with E-state index in [9.17, 15) is 0 Å². The lowest BCUT2D eigenvalue weighted by Gasteiger charge is -2.10. The van der Waals surface area contributed by atoms with Crippen LogP contribution >= 0.6 is 0 Å². The standard InChI is InChI=1S/C10H17N3O/c1-8-12-13-10(14-8)6-9-4-2-3-5-11-7-9/h9,11H,2-7H2,1H3. The zero-order chi connectivity index (χ0) is 9.80. The number of aryl methyl sites for hydroxylation is 1. The van der Waals surface area contributed by atoms with Gasteiger partial charge in [-0.1, -0.05) is 6.42 Å². The van der Waals surface area contributed by atoms with E-state index in [0.29, 0.717) is 11.8 Å². The second-order valence-electron chi connectivity index (χ2n) is 3.98. The van der Waals surface area contributed by atoms with Crippen LogP contribution in [-0.4, -0.2) is 23.3 Å². The molecule has 1 aliphatic rings. The number of hydrogen-bond acceptors (Lipinski definition) is 4. The van der Waals surface area contributed by atoms with Crippen molar-refractivity contribution < 1.29 is 4.42 Å². The molecule has 0 aliphatic carbocycles. The molecule has 1 aromatic rings. The average molecular weight is 195 g/mol. The van der Waals surface area contributed by atoms with Crippen molar-refractivity contribution in [3.63, 3.8) is 0 Å². The van der Waals surface area contributed by atoms with Crippen molar-refractivity contribution in [2.45, 2.75) is 32.6 Å². The van der Waals surface area contributed by atoms with Crippen LogP contribution in [0.3, 0.4) is 0 Å². The molecule has 0 saturated carbocycles. The molecule has 0 radical (unpaired) electrons. The molecule has 1 aliphatic heterocycles. The molecule has 4 heteroatoms. The van der Waals surface area contributed by atoms with Crippen LogP contribution in [0.25, 0.3) is 0 Å². The second kappa shape index (κ2) is 4.55. The summed E-state index contributed by atoms with van der Waals surface area (Å²) in [5.74, 6) is 2.12. The Balaban J connectivity index is 1.89. The van der Waals surface area contributed by atoms with E-state index in [-0.39, 0.29) is 0 Å². The van der Waals surface area contributed by atoms with E-state index in [2.05, 4.69) is 15.5 Å². The predicted molar refractivity (Wildman–Crippen MR) is 52.9 cm³/mol. The maximum atomic E-state index is 5.38. The molecule has 1 atom stereocenters. The van der Waals surface area contributed by atoms with Gasteiger partial charge in [-0.25, -0.2) is 0 Å². The highest BCUT2D eigenvalue weighted by Crippen LogP contribution is 2.15. The molecular weight excluding hydrogens is 178 g/mol. The summed E-state index contributed by atoms with van der Waals surface area (Å²) in [5.41, 5.74) is 0. The Morgan fingerprint density at radius 3 is 3.14 bits per heavy atom. The van der Waals surface area contributed by atoms with Crippen LogP contribution in [0.5, 0.6) is 0 Å². The highest BCUT2D eigenvalue weighted by atomic mass is 16.4. The number of nitrogens with one attached hydrogen (secondary N) is 1. The minimum Gasteiger partial charge on any atom is -0.426 e. The summed E-state index contributed by atoms with van der Waals surface area (Å²) in [4.78, 5) is 0. The van der Waals surface area contributed by atoms with E-state index >= 15 is 0 Å². The van der Waals surface area contributed by atoms with Crippen LogP contribution in [0.15, 0.2) is 4.42 Å². The maximum absolute atomic E-state index is 5.38. The molecule has 1 saturated heterocycles. The van der Waals surface area contributed by atoms with Crippen LogP contribution in [-0.2, 0) is 6.42 Å². The Morgan fingerprint density at radius 1 is 1.43 bits per heavy atom. The molecule has 1 aromatic heterocycles. The lowest BCUT2D eigenvalue weighted by atomic mass is 10.00. The van der Waals surface area contributed by atoms with E-state index in [1.54, 1.807) is 0 Å². The molecular formula is C10H17N3O. The molecule has 1 unspecified atom stereocenters. The topological polar surface area (TPSA) is 51.0 Å². The molecule has 0 aromatic carbocycles. The minimum atomic E-state index is 0.664. The van der Waals surface area contributed by atoms with Crippen molar-refractivity contribution in [2.75, 3.05) is 13.1 Å². The fourth-order valence-corrected chi connectivity index (χ4v) is 1.93. The maximum Gasteiger partial charge on any atom is 0.216 e. The molecule has 0 bridgehead atoms. The van der Waals surface area contributed by atoms with Crippen molar-refractivity contribution >= 4 is 0 Å². The molecule has 1 N–H and O–H groups in total. The van der Waals surface area contributed by atoms with Gasteiger partial charge in [-0.3, -0.25) is 0 Å². The van der Waals surface area contributed by atoms with Gasteiger partial charge in [0.15, 0.2) is 0 Å². The first-order valence-electron chi connectivity index (χ1n) is 5.34. The highest BCUT2D eigenvalue weighted by Gasteiger charge is 2.15. The summed E-state index contributed by atoms with van der Waals surface area (Å²) in [6.07, 6.45) is 4.80. The third-order valence-electron chi connectivity index (χ3n) is 2.68. The zero-order valence-electron chi connectivity index (χ0n) is 8.62. The highest BCUT2D eigenvalue weighted by molar-refractivity contribution is 4.83. The van der Waals surface area contributed by atoms with Crippen LogP contribution in [0, 0.1) is 12.8 Å². The predicted octanol–water partition coefficient (Wildman–Crippen LogP) is 1.31. The van der Waals surface area contributed by atoms with Crippen LogP contribution in [0.4, 0.5) is 0 Å². The first kappa shape index (κ1) is 9.65. The van der Waals surface area contributed by atoms with Gasteiger partial charge < -0.3 is 9.73 Å². The van der Waals surface area contributed by atoms with E-state index in [0.717, 1.165) is 25.4 Å². The van der Waals surface area contributed by atoms with Gasteiger partial charge in [0, 0.05) is 13.3 Å². The van der Waals surface area contributed by atoms with E-state index < -0.39 is 0 Å². The van der Waals surface area contributed by atoms with Gasteiger partial charge >= 0.3 is 0 Å². The van der Waals surface area contributed by atoms with Gasteiger partial charge in [-0.15, -0.1) is 10.2 Å². The van der Waals surface area contributed by atoms with Crippen LogP contribution < -0.4 is 5.32 Å². The van der Waals surface area contributed by atoms with Crippen molar-refractivity contribution in [1.82, 2.24) is 15.5 Å². The second-order valence-corrected chi connectivity index (χ2v) is 3.98. The Kier molecular flexibility index (Phi) is 3.14. The van der Waals surface area contributed by atoms with E-state index in [1.807, 2.05) is 6.92 Å². The van der Waals surface area contributed by atoms with E-state index in [4.69, 9.17) is 4.42 Å². The van der Waals surface area contributed by atoms with Gasteiger partial charge in [-0.2, -0.15) is 0 Å². The molecule has 0 spiro atoms. The third-order valence-corrected chi connectivity index (χ3v) is 2.68.